The van der Waals surface area contributed by atoms with Crippen molar-refractivity contribution in [1.29, 1.82) is 0 Å². The average Bonchev–Trinajstić information content (AvgIpc) is 3.22. The molecule has 0 spiro atoms. The molecule has 0 bridgehead atoms. The second-order valence-corrected chi connectivity index (χ2v) is 6.54. The third-order valence-electron chi connectivity index (χ3n) is 4.83. The summed E-state index contributed by atoms with van der Waals surface area (Å²) in [5, 5.41) is 13.0. The molecule has 1 saturated heterocycles. The molecule has 1 amide bonds. The van der Waals surface area contributed by atoms with Gasteiger partial charge in [0.2, 0.25) is 17.6 Å². The van der Waals surface area contributed by atoms with E-state index in [1.54, 1.807) is 30.9 Å². The number of aliphatic carboxylic acids is 1. The fourth-order valence-electron chi connectivity index (χ4n) is 3.24. The molecule has 26 heavy (non-hydrogen) atoms. The number of nitrogens with zero attached hydrogens (tertiary/aromatic N) is 3. The van der Waals surface area contributed by atoms with E-state index in [1.807, 2.05) is 0 Å². The Labute approximate surface area is 149 Å². The predicted octanol–water partition coefficient (Wildman–Crippen LogP) is 2.44. The molecule has 1 N–H and O–H groups in total. The van der Waals surface area contributed by atoms with Crippen molar-refractivity contribution in [3.63, 3.8) is 0 Å². The number of carboxylic acids is 1. The van der Waals surface area contributed by atoms with Gasteiger partial charge in [0.1, 0.15) is 5.82 Å². The molecule has 1 fully saturated rings. The van der Waals surface area contributed by atoms with Gasteiger partial charge in [-0.25, -0.2) is 4.39 Å². The highest BCUT2D eigenvalue weighted by molar-refractivity contribution is 5.79. The number of rotatable bonds is 5. The summed E-state index contributed by atoms with van der Waals surface area (Å²) in [6.07, 6.45) is 0.907. The topological polar surface area (TPSA) is 96.5 Å². The molecular formula is C18H20FN3O4. The fraction of sp³-hybridized carbons (Fsp3) is 0.444. The van der Waals surface area contributed by atoms with E-state index in [9.17, 15) is 14.0 Å². The molecule has 0 aliphatic carbocycles. The summed E-state index contributed by atoms with van der Waals surface area (Å²) in [6, 6.07) is 4.23. The molecule has 138 valence electrons. The van der Waals surface area contributed by atoms with E-state index in [1.165, 1.54) is 6.07 Å². The zero-order valence-corrected chi connectivity index (χ0v) is 14.6. The number of hydrogen-bond acceptors (Lipinski definition) is 5. The summed E-state index contributed by atoms with van der Waals surface area (Å²) in [4.78, 5) is 29.3. The molecular weight excluding hydrogens is 341 g/mol. The monoisotopic (exact) mass is 361 g/mol. The van der Waals surface area contributed by atoms with Gasteiger partial charge in [-0.1, -0.05) is 5.16 Å². The highest BCUT2D eigenvalue weighted by Crippen LogP contribution is 2.25. The zero-order valence-electron chi connectivity index (χ0n) is 14.6. The number of carboxylic acid groups (broad SMARTS) is 1. The van der Waals surface area contributed by atoms with Gasteiger partial charge in [0.15, 0.2) is 0 Å². The molecule has 1 aromatic carbocycles. The molecule has 2 atom stereocenters. The molecule has 0 radical (unpaired) electrons. The number of hydrogen-bond donors (Lipinski definition) is 1. The first-order chi connectivity index (χ1) is 12.4. The lowest BCUT2D eigenvalue weighted by molar-refractivity contribution is -0.143. The second-order valence-electron chi connectivity index (χ2n) is 6.54. The Bertz CT molecular complexity index is 836. The molecule has 1 aliphatic rings. The Balaban J connectivity index is 1.60. The summed E-state index contributed by atoms with van der Waals surface area (Å²) in [6.45, 7) is 3.85. The number of aromatic nitrogens is 2. The number of amides is 1. The van der Waals surface area contributed by atoms with Gasteiger partial charge in [-0.2, -0.15) is 4.98 Å². The lowest BCUT2D eigenvalue weighted by atomic mass is 10.0. The number of carbonyl (C=O) groups excluding carboxylic acids is 1. The van der Waals surface area contributed by atoms with Crippen molar-refractivity contribution in [3.8, 4) is 11.4 Å². The van der Waals surface area contributed by atoms with Crippen LogP contribution in [0.25, 0.3) is 11.4 Å². The maximum Gasteiger partial charge on any atom is 0.308 e. The van der Waals surface area contributed by atoms with Crippen molar-refractivity contribution < 1.29 is 23.6 Å². The normalized spacial score (nSPS) is 19.7. The van der Waals surface area contributed by atoms with E-state index in [0.717, 1.165) is 0 Å². The van der Waals surface area contributed by atoms with Crippen molar-refractivity contribution in [3.05, 3.63) is 35.5 Å². The quantitative estimate of drug-likeness (QED) is 0.879. The summed E-state index contributed by atoms with van der Waals surface area (Å²) < 4.78 is 18.5. The molecule has 3 rings (SSSR count). The molecule has 1 aliphatic heterocycles. The summed E-state index contributed by atoms with van der Waals surface area (Å²) in [5.41, 5.74) is 1.13. The summed E-state index contributed by atoms with van der Waals surface area (Å²) in [5.74, 6) is -1.16. The Morgan fingerprint density at radius 3 is 2.85 bits per heavy atom. The Kier molecular flexibility index (Phi) is 5.01. The SMILES string of the molecule is Cc1cc(-c2noc(CCC(=O)N3CCC(C(=O)O)C3C)n2)ccc1F. The zero-order chi connectivity index (χ0) is 18.8. The first-order valence-corrected chi connectivity index (χ1v) is 8.48. The minimum absolute atomic E-state index is 0.126. The van der Waals surface area contributed by atoms with Crippen molar-refractivity contribution >= 4 is 11.9 Å². The molecule has 2 unspecified atom stereocenters. The number of halogens is 1. The van der Waals surface area contributed by atoms with E-state index >= 15 is 0 Å². The maximum absolute atomic E-state index is 13.3. The molecule has 7 nitrogen and oxygen atoms in total. The van der Waals surface area contributed by atoms with Crippen LogP contribution in [-0.4, -0.2) is 44.6 Å². The molecule has 1 aromatic heterocycles. The van der Waals surface area contributed by atoms with Crippen molar-refractivity contribution in [1.82, 2.24) is 15.0 Å². The number of benzene rings is 1. The summed E-state index contributed by atoms with van der Waals surface area (Å²) >= 11 is 0. The molecule has 2 heterocycles. The first-order valence-electron chi connectivity index (χ1n) is 8.48. The Hall–Kier alpha value is -2.77. The minimum Gasteiger partial charge on any atom is -0.481 e. The molecule has 0 saturated carbocycles. The molecule has 8 heteroatoms. The van der Waals surface area contributed by atoms with Gasteiger partial charge in [-0.3, -0.25) is 9.59 Å². The van der Waals surface area contributed by atoms with Crippen LogP contribution < -0.4 is 0 Å². The largest absolute Gasteiger partial charge is 0.481 e. The van der Waals surface area contributed by atoms with Crippen molar-refractivity contribution in [2.75, 3.05) is 6.54 Å². The number of likely N-dealkylation sites (tertiary alicyclic amines) is 1. The third kappa shape index (κ3) is 3.58. The third-order valence-corrected chi connectivity index (χ3v) is 4.83. The Morgan fingerprint density at radius 2 is 2.19 bits per heavy atom. The first kappa shape index (κ1) is 18.0. The number of aryl methyl sites for hydroxylation is 2. The van der Waals surface area contributed by atoms with E-state index in [4.69, 9.17) is 9.63 Å². The fourth-order valence-corrected chi connectivity index (χ4v) is 3.24. The van der Waals surface area contributed by atoms with Crippen LogP contribution in [0.15, 0.2) is 22.7 Å². The van der Waals surface area contributed by atoms with Crippen molar-refractivity contribution in [2.24, 2.45) is 5.92 Å². The van der Waals surface area contributed by atoms with Crippen LogP contribution in [0.3, 0.4) is 0 Å². The van der Waals surface area contributed by atoms with Crippen LogP contribution in [-0.2, 0) is 16.0 Å². The predicted molar refractivity (Wildman–Crippen MR) is 89.7 cm³/mol. The van der Waals surface area contributed by atoms with E-state index in [-0.39, 0.29) is 30.6 Å². The van der Waals surface area contributed by atoms with Gasteiger partial charge in [-0.15, -0.1) is 0 Å². The van der Waals surface area contributed by atoms with Crippen LogP contribution >= 0.6 is 0 Å². The maximum atomic E-state index is 13.3. The second kappa shape index (κ2) is 7.23. The minimum atomic E-state index is -0.871. The lowest BCUT2D eigenvalue weighted by Gasteiger charge is -2.23. The van der Waals surface area contributed by atoms with E-state index in [0.29, 0.717) is 35.8 Å². The summed E-state index contributed by atoms with van der Waals surface area (Å²) in [7, 11) is 0. The lowest BCUT2D eigenvalue weighted by Crippen LogP contribution is -2.37. The highest BCUT2D eigenvalue weighted by atomic mass is 19.1. The van der Waals surface area contributed by atoms with Crippen LogP contribution in [0, 0.1) is 18.7 Å². The van der Waals surface area contributed by atoms with Gasteiger partial charge in [0, 0.05) is 31.0 Å². The van der Waals surface area contributed by atoms with Gasteiger partial charge in [0.05, 0.1) is 5.92 Å². The van der Waals surface area contributed by atoms with Gasteiger partial charge in [-0.05, 0) is 44.0 Å². The van der Waals surface area contributed by atoms with Crippen LogP contribution in [0.5, 0.6) is 0 Å². The Morgan fingerprint density at radius 1 is 1.42 bits per heavy atom. The van der Waals surface area contributed by atoms with Crippen LogP contribution in [0.4, 0.5) is 4.39 Å². The number of carbonyl (C=O) groups is 2. The van der Waals surface area contributed by atoms with Crippen molar-refractivity contribution in [2.45, 2.75) is 39.2 Å². The van der Waals surface area contributed by atoms with Gasteiger partial charge >= 0.3 is 5.97 Å². The van der Waals surface area contributed by atoms with Gasteiger partial charge < -0.3 is 14.5 Å². The smallest absolute Gasteiger partial charge is 0.308 e. The van der Waals surface area contributed by atoms with E-state index in [2.05, 4.69) is 10.1 Å². The van der Waals surface area contributed by atoms with Crippen LogP contribution in [0.2, 0.25) is 0 Å². The van der Waals surface area contributed by atoms with Crippen LogP contribution in [0.1, 0.15) is 31.2 Å². The highest BCUT2D eigenvalue weighted by Gasteiger charge is 2.37. The molecule has 2 aromatic rings. The van der Waals surface area contributed by atoms with Gasteiger partial charge in [0.25, 0.3) is 0 Å². The van der Waals surface area contributed by atoms with E-state index < -0.39 is 11.9 Å². The average molecular weight is 361 g/mol. The standard InChI is InChI=1S/C18H20FN3O4/c1-10-9-12(3-4-14(10)19)17-20-15(26-21-17)5-6-16(23)22-8-7-13(11(22)2)18(24)25/h3-4,9,11,13H,5-8H2,1-2H3,(H,24,25).